The van der Waals surface area contributed by atoms with E-state index < -0.39 is 0 Å². The maximum Gasteiger partial charge on any atom is 0.193 e. The Bertz CT molecular complexity index is 599. The van der Waals surface area contributed by atoms with E-state index in [1.807, 2.05) is 0 Å². The zero-order valence-electron chi connectivity index (χ0n) is 17.4. The number of halogens is 1. The topological polar surface area (TPSA) is 46.1 Å². The van der Waals surface area contributed by atoms with Crippen LogP contribution < -0.4 is 10.1 Å². The Kier molecular flexibility index (Phi) is 10.4. The van der Waals surface area contributed by atoms with E-state index in [2.05, 4.69) is 48.5 Å². The molecule has 1 aliphatic carbocycles. The van der Waals surface area contributed by atoms with Crippen molar-refractivity contribution in [2.24, 2.45) is 10.9 Å². The number of benzene rings is 1. The van der Waals surface area contributed by atoms with Gasteiger partial charge in [0.2, 0.25) is 0 Å². The van der Waals surface area contributed by atoms with Gasteiger partial charge in [0.1, 0.15) is 5.75 Å². The van der Waals surface area contributed by atoms with Crippen molar-refractivity contribution in [1.29, 1.82) is 0 Å². The summed E-state index contributed by atoms with van der Waals surface area (Å²) in [6.45, 7) is 6.38. The van der Waals surface area contributed by atoms with E-state index in [0.717, 1.165) is 44.4 Å². The number of guanidine groups is 1. The van der Waals surface area contributed by atoms with Crippen molar-refractivity contribution in [3.05, 3.63) is 29.8 Å². The number of nitrogens with one attached hydrogen (secondary N) is 1. The van der Waals surface area contributed by atoms with Crippen LogP contribution >= 0.6 is 24.0 Å². The summed E-state index contributed by atoms with van der Waals surface area (Å²) in [5.74, 6) is 2.55. The molecule has 0 amide bonds. The highest BCUT2D eigenvalue weighted by atomic mass is 127. The van der Waals surface area contributed by atoms with Crippen LogP contribution in [0.2, 0.25) is 0 Å². The molecule has 158 valence electrons. The third-order valence-electron chi connectivity index (χ3n) is 5.42. The molecular weight excluding hydrogens is 465 g/mol. The molecule has 1 heterocycles. The van der Waals surface area contributed by atoms with Crippen molar-refractivity contribution in [2.75, 3.05) is 33.4 Å². The van der Waals surface area contributed by atoms with Gasteiger partial charge in [-0.25, -0.2) is 4.99 Å². The van der Waals surface area contributed by atoms with Crippen molar-refractivity contribution >= 4 is 29.9 Å². The lowest BCUT2D eigenvalue weighted by Crippen LogP contribution is -2.41. The Morgan fingerprint density at radius 1 is 1.25 bits per heavy atom. The Morgan fingerprint density at radius 3 is 2.79 bits per heavy atom. The van der Waals surface area contributed by atoms with Crippen LogP contribution in [0.1, 0.15) is 51.0 Å². The molecule has 1 aromatic rings. The molecule has 28 heavy (non-hydrogen) atoms. The fourth-order valence-electron chi connectivity index (χ4n) is 3.93. The predicted molar refractivity (Wildman–Crippen MR) is 126 cm³/mol. The van der Waals surface area contributed by atoms with Gasteiger partial charge in [-0.2, -0.15) is 0 Å². The Labute approximate surface area is 187 Å². The molecule has 0 aromatic heterocycles. The maximum absolute atomic E-state index is 6.20. The first-order chi connectivity index (χ1) is 13.2. The third kappa shape index (κ3) is 7.43. The number of hydrogen-bond acceptors (Lipinski definition) is 3. The minimum absolute atomic E-state index is 0. The summed E-state index contributed by atoms with van der Waals surface area (Å²) in [7, 11) is 2.11. The molecular formula is C22H36IN3O2. The molecule has 2 fully saturated rings. The van der Waals surface area contributed by atoms with E-state index in [4.69, 9.17) is 14.5 Å². The number of rotatable bonds is 7. The van der Waals surface area contributed by atoms with Gasteiger partial charge in [-0.1, -0.05) is 18.6 Å². The molecule has 0 spiro atoms. The molecule has 6 heteroatoms. The predicted octanol–water partition coefficient (Wildman–Crippen LogP) is 4.45. The van der Waals surface area contributed by atoms with Crippen LogP contribution in [0.5, 0.6) is 5.75 Å². The number of hydrogen-bond donors (Lipinski definition) is 1. The van der Waals surface area contributed by atoms with Gasteiger partial charge in [-0.05, 0) is 56.7 Å². The van der Waals surface area contributed by atoms with Gasteiger partial charge in [-0.3, -0.25) is 0 Å². The van der Waals surface area contributed by atoms with E-state index in [0.29, 0.717) is 18.6 Å². The molecule has 1 N–H and O–H groups in total. The first-order valence-corrected chi connectivity index (χ1v) is 10.6. The molecule has 0 radical (unpaired) electrons. The van der Waals surface area contributed by atoms with Gasteiger partial charge < -0.3 is 19.7 Å². The monoisotopic (exact) mass is 501 g/mol. The van der Waals surface area contributed by atoms with Crippen molar-refractivity contribution in [3.63, 3.8) is 0 Å². The highest BCUT2D eigenvalue weighted by molar-refractivity contribution is 14.0. The van der Waals surface area contributed by atoms with E-state index in [-0.39, 0.29) is 24.0 Å². The second-order valence-electron chi connectivity index (χ2n) is 7.81. The Balaban J connectivity index is 0.00000280. The summed E-state index contributed by atoms with van der Waals surface area (Å²) in [5, 5.41) is 3.41. The summed E-state index contributed by atoms with van der Waals surface area (Å²) in [5.41, 5.74) is 1.19. The second kappa shape index (κ2) is 12.5. The SMILES string of the molecule is CCNC(=NCc1cccc(OC2CCCCC2)c1)N(C)CC1CCOC1.I. The van der Waals surface area contributed by atoms with Gasteiger partial charge >= 0.3 is 0 Å². The van der Waals surface area contributed by atoms with Crippen LogP contribution in [0, 0.1) is 5.92 Å². The summed E-state index contributed by atoms with van der Waals surface area (Å²) in [6, 6.07) is 8.42. The molecule has 3 rings (SSSR count). The molecule has 1 saturated carbocycles. The first-order valence-electron chi connectivity index (χ1n) is 10.6. The minimum Gasteiger partial charge on any atom is -0.490 e. The minimum atomic E-state index is 0. The van der Waals surface area contributed by atoms with Crippen LogP contribution in [0.15, 0.2) is 29.3 Å². The fraction of sp³-hybridized carbons (Fsp3) is 0.682. The molecule has 5 nitrogen and oxygen atoms in total. The molecule has 1 saturated heterocycles. The Morgan fingerprint density at radius 2 is 2.07 bits per heavy atom. The van der Waals surface area contributed by atoms with Crippen molar-refractivity contribution in [1.82, 2.24) is 10.2 Å². The number of nitrogens with zero attached hydrogens (tertiary/aromatic N) is 2. The van der Waals surface area contributed by atoms with Gasteiger partial charge in [0.25, 0.3) is 0 Å². The first kappa shape index (κ1) is 23.3. The van der Waals surface area contributed by atoms with Gasteiger partial charge in [0, 0.05) is 32.7 Å². The highest BCUT2D eigenvalue weighted by Gasteiger charge is 2.19. The number of aliphatic imine (C=N–C) groups is 1. The van der Waals surface area contributed by atoms with E-state index >= 15 is 0 Å². The molecule has 1 atom stereocenters. The molecule has 2 aliphatic rings. The van der Waals surface area contributed by atoms with Gasteiger partial charge in [-0.15, -0.1) is 24.0 Å². The molecule has 1 aliphatic heterocycles. The average Bonchev–Trinajstić information content (AvgIpc) is 3.19. The van der Waals surface area contributed by atoms with E-state index in [9.17, 15) is 0 Å². The summed E-state index contributed by atoms with van der Waals surface area (Å²) in [4.78, 5) is 7.08. The van der Waals surface area contributed by atoms with Crippen LogP contribution in [0.4, 0.5) is 0 Å². The second-order valence-corrected chi connectivity index (χ2v) is 7.81. The summed E-state index contributed by atoms with van der Waals surface area (Å²) < 4.78 is 11.7. The molecule has 1 unspecified atom stereocenters. The smallest absolute Gasteiger partial charge is 0.193 e. The molecule has 1 aromatic carbocycles. The van der Waals surface area contributed by atoms with E-state index in [1.54, 1.807) is 0 Å². The maximum atomic E-state index is 6.20. The Hall–Kier alpha value is -1.02. The van der Waals surface area contributed by atoms with Crippen molar-refractivity contribution in [3.8, 4) is 5.75 Å². The standard InChI is InChI=1S/C22H35N3O2.HI/c1-3-23-22(25(2)16-19-12-13-26-17-19)24-15-18-8-7-11-21(14-18)27-20-9-5-4-6-10-20;/h7-8,11,14,19-20H,3-6,9-10,12-13,15-17H2,1-2H3,(H,23,24);1H. The van der Waals surface area contributed by atoms with Crippen LogP contribution in [-0.4, -0.2) is 50.3 Å². The van der Waals surface area contributed by atoms with Crippen LogP contribution in [-0.2, 0) is 11.3 Å². The lowest BCUT2D eigenvalue weighted by Gasteiger charge is -2.24. The van der Waals surface area contributed by atoms with E-state index in [1.165, 1.54) is 37.7 Å². The molecule has 0 bridgehead atoms. The van der Waals surface area contributed by atoms with Crippen LogP contribution in [0.3, 0.4) is 0 Å². The number of ether oxygens (including phenoxy) is 2. The van der Waals surface area contributed by atoms with Crippen LogP contribution in [0.25, 0.3) is 0 Å². The normalized spacial score (nSPS) is 20.5. The fourth-order valence-corrected chi connectivity index (χ4v) is 3.93. The largest absolute Gasteiger partial charge is 0.490 e. The van der Waals surface area contributed by atoms with Crippen molar-refractivity contribution < 1.29 is 9.47 Å². The summed E-state index contributed by atoms with van der Waals surface area (Å²) in [6.07, 6.45) is 7.82. The third-order valence-corrected chi connectivity index (χ3v) is 5.42. The highest BCUT2D eigenvalue weighted by Crippen LogP contribution is 2.24. The lowest BCUT2D eigenvalue weighted by atomic mass is 9.98. The zero-order valence-corrected chi connectivity index (χ0v) is 19.7. The lowest BCUT2D eigenvalue weighted by molar-refractivity contribution is 0.155. The summed E-state index contributed by atoms with van der Waals surface area (Å²) >= 11 is 0. The quantitative estimate of drug-likeness (QED) is 0.341. The van der Waals surface area contributed by atoms with Gasteiger partial charge in [0.15, 0.2) is 5.96 Å². The van der Waals surface area contributed by atoms with Gasteiger partial charge in [0.05, 0.1) is 19.3 Å². The zero-order chi connectivity index (χ0) is 18.9. The van der Waals surface area contributed by atoms with Crippen molar-refractivity contribution in [2.45, 2.75) is 58.1 Å². The average molecular weight is 501 g/mol.